The molecule has 1 aliphatic heterocycles. The first-order valence-corrected chi connectivity index (χ1v) is 5.64. The number of nitrogens with zero attached hydrogens (tertiary/aromatic N) is 1. The highest BCUT2D eigenvalue weighted by atomic mass is 15.2. The molecule has 0 aromatic heterocycles. The molecule has 3 unspecified atom stereocenters. The molecule has 0 amide bonds. The van der Waals surface area contributed by atoms with Crippen LogP contribution >= 0.6 is 0 Å². The van der Waals surface area contributed by atoms with Crippen LogP contribution in [0.4, 0.5) is 0 Å². The summed E-state index contributed by atoms with van der Waals surface area (Å²) in [6.45, 7) is 9.14. The lowest BCUT2D eigenvalue weighted by atomic mass is 9.99. The van der Waals surface area contributed by atoms with Crippen molar-refractivity contribution >= 4 is 0 Å². The molecule has 0 bridgehead atoms. The van der Waals surface area contributed by atoms with E-state index in [2.05, 4.69) is 25.7 Å². The van der Waals surface area contributed by atoms with Gasteiger partial charge in [0.25, 0.3) is 0 Å². The van der Waals surface area contributed by atoms with E-state index in [1.807, 2.05) is 0 Å². The number of nitrogens with two attached hydrogens (primary N) is 1. The van der Waals surface area contributed by atoms with E-state index in [0.29, 0.717) is 12.0 Å². The average Bonchev–Trinajstić information content (AvgIpc) is 2.50. The summed E-state index contributed by atoms with van der Waals surface area (Å²) in [5, 5.41) is 0. The normalized spacial score (nSPS) is 29.1. The summed E-state index contributed by atoms with van der Waals surface area (Å²) >= 11 is 0. The third kappa shape index (κ3) is 2.96. The van der Waals surface area contributed by atoms with E-state index in [1.54, 1.807) is 0 Å². The number of likely N-dealkylation sites (tertiary alicyclic amines) is 1. The molecule has 13 heavy (non-hydrogen) atoms. The van der Waals surface area contributed by atoms with Gasteiger partial charge in [0, 0.05) is 18.6 Å². The molecule has 2 heteroatoms. The molecule has 1 aliphatic rings. The molecule has 1 fully saturated rings. The highest BCUT2D eigenvalue weighted by Crippen LogP contribution is 2.18. The van der Waals surface area contributed by atoms with Gasteiger partial charge in [0.2, 0.25) is 0 Å². The van der Waals surface area contributed by atoms with Crippen LogP contribution in [0.25, 0.3) is 0 Å². The molecule has 0 saturated carbocycles. The first-order chi connectivity index (χ1) is 6.15. The van der Waals surface area contributed by atoms with Crippen molar-refractivity contribution in [3.63, 3.8) is 0 Å². The lowest BCUT2D eigenvalue weighted by Crippen LogP contribution is -2.42. The van der Waals surface area contributed by atoms with Crippen LogP contribution in [0, 0.1) is 5.92 Å². The summed E-state index contributed by atoms with van der Waals surface area (Å²) in [5.41, 5.74) is 6.13. The van der Waals surface area contributed by atoms with Crippen LogP contribution in [-0.4, -0.2) is 30.1 Å². The van der Waals surface area contributed by atoms with E-state index in [1.165, 1.54) is 25.8 Å². The minimum Gasteiger partial charge on any atom is -0.326 e. The third-order valence-corrected chi connectivity index (χ3v) is 3.51. The Hall–Kier alpha value is -0.0800. The molecule has 3 atom stereocenters. The van der Waals surface area contributed by atoms with Gasteiger partial charge in [0.1, 0.15) is 0 Å². The molecule has 1 heterocycles. The van der Waals surface area contributed by atoms with Crippen molar-refractivity contribution in [3.05, 3.63) is 0 Å². The number of hydrogen-bond donors (Lipinski definition) is 1. The molecule has 2 nitrogen and oxygen atoms in total. The molecule has 0 radical (unpaired) electrons. The van der Waals surface area contributed by atoms with Crippen LogP contribution in [0.15, 0.2) is 0 Å². The largest absolute Gasteiger partial charge is 0.326 e. The van der Waals surface area contributed by atoms with E-state index in [0.717, 1.165) is 12.6 Å². The van der Waals surface area contributed by atoms with E-state index in [4.69, 9.17) is 5.73 Å². The standard InChI is InChI=1S/C11H24N2/c1-4-9(2)11(12)8-13-7-5-6-10(13)3/h9-11H,4-8,12H2,1-3H3. The van der Waals surface area contributed by atoms with Crippen LogP contribution in [-0.2, 0) is 0 Å². The lowest BCUT2D eigenvalue weighted by Gasteiger charge is -2.27. The van der Waals surface area contributed by atoms with Crippen molar-refractivity contribution in [3.8, 4) is 0 Å². The summed E-state index contributed by atoms with van der Waals surface area (Å²) in [4.78, 5) is 2.54. The predicted octanol–water partition coefficient (Wildman–Crippen LogP) is 1.84. The second kappa shape index (κ2) is 4.97. The SMILES string of the molecule is CCC(C)C(N)CN1CCCC1C. The first kappa shape index (κ1) is 11.0. The average molecular weight is 184 g/mol. The van der Waals surface area contributed by atoms with Crippen molar-refractivity contribution < 1.29 is 0 Å². The van der Waals surface area contributed by atoms with E-state index >= 15 is 0 Å². The molecule has 0 spiro atoms. The van der Waals surface area contributed by atoms with Gasteiger partial charge >= 0.3 is 0 Å². The van der Waals surface area contributed by atoms with Gasteiger partial charge in [0.05, 0.1) is 0 Å². The lowest BCUT2D eigenvalue weighted by molar-refractivity contribution is 0.227. The maximum absolute atomic E-state index is 6.13. The van der Waals surface area contributed by atoms with E-state index in [9.17, 15) is 0 Å². The van der Waals surface area contributed by atoms with Gasteiger partial charge in [-0.3, -0.25) is 4.90 Å². The molecule has 78 valence electrons. The summed E-state index contributed by atoms with van der Waals surface area (Å²) in [6, 6.07) is 1.13. The van der Waals surface area contributed by atoms with Crippen molar-refractivity contribution in [2.75, 3.05) is 13.1 Å². The maximum Gasteiger partial charge on any atom is 0.0193 e. The third-order valence-electron chi connectivity index (χ3n) is 3.51. The second-order valence-electron chi connectivity index (χ2n) is 4.54. The Labute approximate surface area is 82.5 Å². The van der Waals surface area contributed by atoms with Gasteiger partial charge in [0.15, 0.2) is 0 Å². The fraction of sp³-hybridized carbons (Fsp3) is 1.00. The molecule has 0 aromatic rings. The fourth-order valence-corrected chi connectivity index (χ4v) is 2.02. The van der Waals surface area contributed by atoms with Gasteiger partial charge < -0.3 is 5.73 Å². The Balaban J connectivity index is 2.30. The highest BCUT2D eigenvalue weighted by molar-refractivity contribution is 4.80. The summed E-state index contributed by atoms with van der Waals surface area (Å²) in [5.74, 6) is 0.660. The Bertz CT molecular complexity index is 147. The van der Waals surface area contributed by atoms with Gasteiger partial charge in [-0.1, -0.05) is 20.3 Å². The second-order valence-corrected chi connectivity index (χ2v) is 4.54. The summed E-state index contributed by atoms with van der Waals surface area (Å²) < 4.78 is 0. The first-order valence-electron chi connectivity index (χ1n) is 5.64. The Morgan fingerprint density at radius 1 is 1.54 bits per heavy atom. The van der Waals surface area contributed by atoms with E-state index < -0.39 is 0 Å². The van der Waals surface area contributed by atoms with Crippen molar-refractivity contribution in [1.29, 1.82) is 0 Å². The number of rotatable bonds is 4. The minimum absolute atomic E-state index is 0.366. The fourth-order valence-electron chi connectivity index (χ4n) is 2.02. The van der Waals surface area contributed by atoms with Gasteiger partial charge in [-0.15, -0.1) is 0 Å². The molecule has 0 aromatic carbocycles. The van der Waals surface area contributed by atoms with Crippen LogP contribution in [0.1, 0.15) is 40.0 Å². The van der Waals surface area contributed by atoms with Gasteiger partial charge in [-0.05, 0) is 32.2 Å². The predicted molar refractivity (Wildman–Crippen MR) is 57.7 cm³/mol. The monoisotopic (exact) mass is 184 g/mol. The van der Waals surface area contributed by atoms with E-state index in [-0.39, 0.29) is 0 Å². The molecule has 0 aliphatic carbocycles. The highest BCUT2D eigenvalue weighted by Gasteiger charge is 2.23. The van der Waals surface area contributed by atoms with Crippen molar-refractivity contribution in [2.24, 2.45) is 11.7 Å². The molecular weight excluding hydrogens is 160 g/mol. The smallest absolute Gasteiger partial charge is 0.0193 e. The maximum atomic E-state index is 6.13. The quantitative estimate of drug-likeness (QED) is 0.722. The molecular formula is C11H24N2. The Kier molecular flexibility index (Phi) is 4.20. The Morgan fingerprint density at radius 2 is 2.23 bits per heavy atom. The van der Waals surface area contributed by atoms with Crippen LogP contribution in [0.2, 0.25) is 0 Å². The zero-order valence-electron chi connectivity index (χ0n) is 9.29. The molecule has 1 saturated heterocycles. The van der Waals surface area contributed by atoms with Crippen molar-refractivity contribution in [2.45, 2.75) is 52.1 Å². The van der Waals surface area contributed by atoms with Gasteiger partial charge in [-0.2, -0.15) is 0 Å². The Morgan fingerprint density at radius 3 is 2.69 bits per heavy atom. The zero-order chi connectivity index (χ0) is 9.84. The van der Waals surface area contributed by atoms with Gasteiger partial charge in [-0.25, -0.2) is 0 Å². The minimum atomic E-state index is 0.366. The summed E-state index contributed by atoms with van der Waals surface area (Å²) in [6.07, 6.45) is 3.91. The van der Waals surface area contributed by atoms with Crippen LogP contribution in [0.3, 0.4) is 0 Å². The topological polar surface area (TPSA) is 29.3 Å². The zero-order valence-corrected chi connectivity index (χ0v) is 9.29. The van der Waals surface area contributed by atoms with Crippen LogP contribution < -0.4 is 5.73 Å². The molecule has 2 N–H and O–H groups in total. The summed E-state index contributed by atoms with van der Waals surface area (Å²) in [7, 11) is 0. The molecule has 1 rings (SSSR count). The van der Waals surface area contributed by atoms with Crippen molar-refractivity contribution in [1.82, 2.24) is 4.90 Å². The number of hydrogen-bond acceptors (Lipinski definition) is 2. The van der Waals surface area contributed by atoms with Crippen LogP contribution in [0.5, 0.6) is 0 Å².